The first-order chi connectivity index (χ1) is 11.7. The molecule has 1 aromatic rings. The van der Waals surface area contributed by atoms with Crippen molar-refractivity contribution in [3.63, 3.8) is 0 Å². The number of rotatable bonds is 2. The molecule has 0 N–H and O–H groups in total. The number of hydrogen-bond acceptors (Lipinski definition) is 3. The Bertz CT molecular complexity index is 728. The third-order valence-corrected chi connectivity index (χ3v) is 5.82. The molecule has 3 atom stereocenters. The molecule has 0 unspecified atom stereocenters. The molecule has 1 amide bonds. The lowest BCUT2D eigenvalue weighted by Crippen LogP contribution is -2.43. The number of benzene rings is 1. The SMILES string of the molecule is CC1(C)C[C@H]2C[C@@](C)(CN2C(=O)[C@H]2CC(c3ccc(F)cc3)=NO2)C1. The van der Waals surface area contributed by atoms with Crippen molar-refractivity contribution >= 4 is 11.6 Å². The van der Waals surface area contributed by atoms with Gasteiger partial charge >= 0.3 is 0 Å². The van der Waals surface area contributed by atoms with Crippen LogP contribution in [0, 0.1) is 16.6 Å². The fourth-order valence-electron chi connectivity index (χ4n) is 5.23. The normalized spacial score (nSPS) is 33.1. The van der Waals surface area contributed by atoms with Gasteiger partial charge in [-0.2, -0.15) is 0 Å². The minimum atomic E-state index is -0.550. The number of nitrogens with zero attached hydrogens (tertiary/aromatic N) is 2. The highest BCUT2D eigenvalue weighted by molar-refractivity contribution is 6.04. The average Bonchev–Trinajstić information content (AvgIpc) is 3.09. The smallest absolute Gasteiger partial charge is 0.267 e. The van der Waals surface area contributed by atoms with Crippen LogP contribution in [0.2, 0.25) is 0 Å². The Morgan fingerprint density at radius 3 is 2.68 bits per heavy atom. The van der Waals surface area contributed by atoms with Crippen LogP contribution in [0.3, 0.4) is 0 Å². The minimum Gasteiger partial charge on any atom is -0.382 e. The predicted octanol–water partition coefficient (Wildman–Crippen LogP) is 3.75. The fraction of sp³-hybridized carbons (Fsp3) is 0.600. The predicted molar refractivity (Wildman–Crippen MR) is 93.7 cm³/mol. The van der Waals surface area contributed by atoms with Crippen LogP contribution in [0.5, 0.6) is 0 Å². The lowest BCUT2D eigenvalue weighted by atomic mass is 9.65. The number of fused-ring (bicyclic) bond motifs is 2. The monoisotopic (exact) mass is 344 g/mol. The van der Waals surface area contributed by atoms with Crippen LogP contribution in [0.15, 0.2) is 29.4 Å². The quantitative estimate of drug-likeness (QED) is 0.820. The first-order valence-electron chi connectivity index (χ1n) is 9.04. The maximum Gasteiger partial charge on any atom is 0.267 e. The molecule has 1 saturated carbocycles. The molecule has 0 spiro atoms. The Labute approximate surface area is 148 Å². The van der Waals surface area contributed by atoms with E-state index in [0.717, 1.165) is 31.4 Å². The molecule has 2 fully saturated rings. The van der Waals surface area contributed by atoms with Gasteiger partial charge in [-0.25, -0.2) is 4.39 Å². The zero-order valence-electron chi connectivity index (χ0n) is 15.1. The lowest BCUT2D eigenvalue weighted by Gasteiger charge is -2.39. The van der Waals surface area contributed by atoms with Crippen LogP contribution < -0.4 is 0 Å². The summed E-state index contributed by atoms with van der Waals surface area (Å²) in [7, 11) is 0. The van der Waals surface area contributed by atoms with E-state index in [0.29, 0.717) is 18.2 Å². The fourth-order valence-corrected chi connectivity index (χ4v) is 5.23. The summed E-state index contributed by atoms with van der Waals surface area (Å²) in [5.41, 5.74) is 2.01. The van der Waals surface area contributed by atoms with Crippen LogP contribution >= 0.6 is 0 Å². The van der Waals surface area contributed by atoms with Crippen LogP contribution in [-0.4, -0.2) is 35.2 Å². The number of carbonyl (C=O) groups is 1. The van der Waals surface area contributed by atoms with Gasteiger partial charge in [0.25, 0.3) is 5.91 Å². The van der Waals surface area contributed by atoms with Gasteiger partial charge < -0.3 is 9.74 Å². The molecule has 2 heterocycles. The second-order valence-corrected chi connectivity index (χ2v) is 9.02. The van der Waals surface area contributed by atoms with Gasteiger partial charge in [0.1, 0.15) is 5.82 Å². The second-order valence-electron chi connectivity index (χ2n) is 9.02. The summed E-state index contributed by atoms with van der Waals surface area (Å²) in [6.45, 7) is 7.70. The van der Waals surface area contributed by atoms with Gasteiger partial charge in [0, 0.05) is 19.0 Å². The van der Waals surface area contributed by atoms with E-state index in [1.165, 1.54) is 12.1 Å². The van der Waals surface area contributed by atoms with Crippen LogP contribution in [0.25, 0.3) is 0 Å². The van der Waals surface area contributed by atoms with Crippen molar-refractivity contribution in [3.8, 4) is 0 Å². The molecule has 3 aliphatic rings. The molecule has 1 saturated heterocycles. The average molecular weight is 344 g/mol. The summed E-state index contributed by atoms with van der Waals surface area (Å²) >= 11 is 0. The van der Waals surface area contributed by atoms with Crippen LogP contribution in [0.4, 0.5) is 4.39 Å². The Kier molecular flexibility index (Phi) is 3.67. The van der Waals surface area contributed by atoms with E-state index >= 15 is 0 Å². The maximum absolute atomic E-state index is 13.1. The number of halogens is 1. The topological polar surface area (TPSA) is 41.9 Å². The summed E-state index contributed by atoms with van der Waals surface area (Å²) in [5, 5.41) is 4.09. The summed E-state index contributed by atoms with van der Waals surface area (Å²) in [6, 6.07) is 6.46. The minimum absolute atomic E-state index is 0.0484. The van der Waals surface area contributed by atoms with Gasteiger partial charge in [0.2, 0.25) is 6.10 Å². The van der Waals surface area contributed by atoms with Gasteiger partial charge in [0.15, 0.2) is 0 Å². The van der Waals surface area contributed by atoms with E-state index in [9.17, 15) is 9.18 Å². The summed E-state index contributed by atoms with van der Waals surface area (Å²) in [6.07, 6.45) is 3.19. The molecule has 134 valence electrons. The molecule has 25 heavy (non-hydrogen) atoms. The molecular weight excluding hydrogens is 319 g/mol. The Morgan fingerprint density at radius 2 is 1.96 bits per heavy atom. The zero-order valence-corrected chi connectivity index (χ0v) is 15.1. The Balaban J connectivity index is 1.46. The summed E-state index contributed by atoms with van der Waals surface area (Å²) in [5.74, 6) is -0.233. The number of hydrogen-bond donors (Lipinski definition) is 0. The van der Waals surface area contributed by atoms with E-state index in [1.807, 2.05) is 4.90 Å². The van der Waals surface area contributed by atoms with Gasteiger partial charge in [0.05, 0.1) is 5.71 Å². The standard InChI is InChI=1S/C20H25FN2O2/c1-19(2)9-15-10-20(3,11-19)12-23(15)18(24)17-8-16(22-25-17)13-4-6-14(21)7-5-13/h4-7,15,17H,8-12H2,1-3H3/t15-,17+,20+/m0/s1. The van der Waals surface area contributed by atoms with Gasteiger partial charge in [-0.05, 0) is 47.8 Å². The van der Waals surface area contributed by atoms with E-state index in [2.05, 4.69) is 25.9 Å². The maximum atomic E-state index is 13.1. The zero-order chi connectivity index (χ0) is 17.8. The molecule has 1 aliphatic carbocycles. The van der Waals surface area contributed by atoms with Crippen molar-refractivity contribution in [2.75, 3.05) is 6.54 Å². The van der Waals surface area contributed by atoms with Crippen LogP contribution in [0.1, 0.15) is 52.0 Å². The Hall–Kier alpha value is -1.91. The van der Waals surface area contributed by atoms with Gasteiger partial charge in [-0.1, -0.05) is 38.1 Å². The summed E-state index contributed by atoms with van der Waals surface area (Å²) < 4.78 is 13.1. The first kappa shape index (κ1) is 16.6. The number of oxime groups is 1. The van der Waals surface area contributed by atoms with Crippen molar-refractivity contribution in [1.82, 2.24) is 4.90 Å². The highest BCUT2D eigenvalue weighted by atomic mass is 19.1. The summed E-state index contributed by atoms with van der Waals surface area (Å²) in [4.78, 5) is 20.5. The van der Waals surface area contributed by atoms with Crippen molar-refractivity contribution < 1.29 is 14.0 Å². The molecule has 5 heteroatoms. The van der Waals surface area contributed by atoms with Crippen LogP contribution in [-0.2, 0) is 9.63 Å². The largest absolute Gasteiger partial charge is 0.382 e. The van der Waals surface area contributed by atoms with E-state index in [1.54, 1.807) is 12.1 Å². The number of carbonyl (C=O) groups excluding carboxylic acids is 1. The highest BCUT2D eigenvalue weighted by Gasteiger charge is 2.52. The van der Waals surface area contributed by atoms with E-state index in [-0.39, 0.29) is 22.6 Å². The van der Waals surface area contributed by atoms with Crippen molar-refractivity contribution in [3.05, 3.63) is 35.6 Å². The van der Waals surface area contributed by atoms with E-state index in [4.69, 9.17) is 4.84 Å². The highest BCUT2D eigenvalue weighted by Crippen LogP contribution is 2.52. The van der Waals surface area contributed by atoms with E-state index < -0.39 is 6.10 Å². The molecule has 4 rings (SSSR count). The molecule has 4 nitrogen and oxygen atoms in total. The van der Waals surface area contributed by atoms with Crippen molar-refractivity contribution in [2.24, 2.45) is 16.0 Å². The third kappa shape index (κ3) is 3.05. The molecule has 0 aromatic heterocycles. The first-order valence-corrected chi connectivity index (χ1v) is 9.04. The molecule has 2 bridgehead atoms. The van der Waals surface area contributed by atoms with Crippen molar-refractivity contribution in [1.29, 1.82) is 0 Å². The number of likely N-dealkylation sites (tertiary alicyclic amines) is 1. The molecule has 1 aromatic carbocycles. The third-order valence-electron chi connectivity index (χ3n) is 5.82. The Morgan fingerprint density at radius 1 is 1.24 bits per heavy atom. The second kappa shape index (κ2) is 5.55. The number of amides is 1. The molecule has 2 aliphatic heterocycles. The molecular formula is C20H25FN2O2. The van der Waals surface area contributed by atoms with Gasteiger partial charge in [-0.3, -0.25) is 4.79 Å². The van der Waals surface area contributed by atoms with Crippen molar-refractivity contribution in [2.45, 2.75) is 58.6 Å². The molecule has 0 radical (unpaired) electrons. The van der Waals surface area contributed by atoms with Gasteiger partial charge in [-0.15, -0.1) is 0 Å². The lowest BCUT2D eigenvalue weighted by molar-refractivity contribution is -0.143.